The van der Waals surface area contributed by atoms with Crippen molar-refractivity contribution in [3.05, 3.63) is 24.3 Å². The third kappa shape index (κ3) is 1.60. The lowest BCUT2D eigenvalue weighted by atomic mass is 9.71. The predicted octanol–water partition coefficient (Wildman–Crippen LogP) is 1.95. The fourth-order valence-electron chi connectivity index (χ4n) is 2.54. The molecule has 2 rings (SSSR count). The first-order chi connectivity index (χ1) is 7.70. The molecule has 0 aromatic heterocycles. The molecule has 0 aromatic rings. The van der Waals surface area contributed by atoms with Gasteiger partial charge < -0.3 is 0 Å². The Morgan fingerprint density at radius 2 is 2.12 bits per heavy atom. The zero-order valence-corrected chi connectivity index (χ0v) is 9.53. The van der Waals surface area contributed by atoms with Crippen LogP contribution < -0.4 is 5.32 Å². The van der Waals surface area contributed by atoms with Crippen LogP contribution in [0.3, 0.4) is 0 Å². The predicted molar refractivity (Wildman–Crippen MR) is 61.5 cm³/mol. The third-order valence-electron chi connectivity index (χ3n) is 3.50. The molecule has 1 N–H and O–H groups in total. The first-order valence-electron chi connectivity index (χ1n) is 5.92. The lowest BCUT2D eigenvalue weighted by Crippen LogP contribution is -2.33. The molecule has 2 amide bonds. The van der Waals surface area contributed by atoms with E-state index in [0.717, 1.165) is 25.7 Å². The minimum absolute atomic E-state index is 0.126. The van der Waals surface area contributed by atoms with Gasteiger partial charge in [0.15, 0.2) is 0 Å². The van der Waals surface area contributed by atoms with E-state index in [9.17, 15) is 9.59 Å². The maximum absolute atomic E-state index is 11.9. The van der Waals surface area contributed by atoms with E-state index in [1.165, 1.54) is 0 Å². The zero-order chi connectivity index (χ0) is 11.6. The standard InChI is InChI=1S/C13H17NO2/c1-2-3-5-8-13-9-6-4-7-10(13)11(15)14-12(13)16/h4,6-7,9-10H,2-3,5,8H2,1H3,(H,14,15,16). The summed E-state index contributed by atoms with van der Waals surface area (Å²) in [6, 6.07) is 0. The van der Waals surface area contributed by atoms with E-state index in [1.807, 2.05) is 24.3 Å². The summed E-state index contributed by atoms with van der Waals surface area (Å²) in [7, 11) is 0. The molecular formula is C13H17NO2. The Balaban J connectivity index is 2.20. The second-order valence-electron chi connectivity index (χ2n) is 4.54. The van der Waals surface area contributed by atoms with Crippen molar-refractivity contribution in [3.8, 4) is 0 Å². The van der Waals surface area contributed by atoms with E-state index in [2.05, 4.69) is 12.2 Å². The Kier molecular flexibility index (Phi) is 2.95. The minimum Gasteiger partial charge on any atom is -0.295 e. The van der Waals surface area contributed by atoms with Gasteiger partial charge >= 0.3 is 0 Å². The molecule has 2 aliphatic rings. The number of amides is 2. The number of fused-ring (bicyclic) bond motifs is 1. The average Bonchev–Trinajstić information content (AvgIpc) is 2.53. The van der Waals surface area contributed by atoms with E-state index in [-0.39, 0.29) is 17.7 Å². The van der Waals surface area contributed by atoms with Crippen molar-refractivity contribution < 1.29 is 9.59 Å². The molecular weight excluding hydrogens is 202 g/mol. The minimum atomic E-state index is -0.596. The molecule has 3 nitrogen and oxygen atoms in total. The number of carbonyl (C=O) groups is 2. The lowest BCUT2D eigenvalue weighted by Gasteiger charge is -2.28. The van der Waals surface area contributed by atoms with E-state index < -0.39 is 5.41 Å². The van der Waals surface area contributed by atoms with Gasteiger partial charge in [0.2, 0.25) is 11.8 Å². The van der Waals surface area contributed by atoms with Crippen LogP contribution in [0.5, 0.6) is 0 Å². The summed E-state index contributed by atoms with van der Waals surface area (Å²) in [6.07, 6.45) is 11.4. The summed E-state index contributed by atoms with van der Waals surface area (Å²) >= 11 is 0. The number of carbonyl (C=O) groups excluding carboxylic acids is 2. The van der Waals surface area contributed by atoms with Crippen molar-refractivity contribution in [2.45, 2.75) is 32.6 Å². The molecule has 86 valence electrons. The number of imide groups is 1. The molecule has 16 heavy (non-hydrogen) atoms. The van der Waals surface area contributed by atoms with Crippen molar-refractivity contribution in [2.24, 2.45) is 11.3 Å². The Labute approximate surface area is 95.6 Å². The quantitative estimate of drug-likeness (QED) is 0.580. The first kappa shape index (κ1) is 11.1. The molecule has 0 spiro atoms. The highest BCUT2D eigenvalue weighted by molar-refractivity contribution is 6.09. The van der Waals surface area contributed by atoms with Crippen LogP contribution in [0.15, 0.2) is 24.3 Å². The number of allylic oxidation sites excluding steroid dienone is 2. The fourth-order valence-corrected chi connectivity index (χ4v) is 2.54. The molecule has 1 aliphatic carbocycles. The van der Waals surface area contributed by atoms with Crippen molar-refractivity contribution in [2.75, 3.05) is 0 Å². The van der Waals surface area contributed by atoms with Crippen LogP contribution in [0.4, 0.5) is 0 Å². The maximum atomic E-state index is 11.9. The highest BCUT2D eigenvalue weighted by atomic mass is 16.2. The molecule has 0 radical (unpaired) electrons. The molecule has 3 heteroatoms. The second kappa shape index (κ2) is 4.24. The van der Waals surface area contributed by atoms with Crippen LogP contribution in [0.25, 0.3) is 0 Å². The second-order valence-corrected chi connectivity index (χ2v) is 4.54. The summed E-state index contributed by atoms with van der Waals surface area (Å²) in [5.41, 5.74) is -0.596. The van der Waals surface area contributed by atoms with E-state index in [1.54, 1.807) is 0 Å². The maximum Gasteiger partial charge on any atom is 0.237 e. The molecule has 1 aliphatic heterocycles. The Bertz CT molecular complexity index is 370. The zero-order valence-electron chi connectivity index (χ0n) is 9.53. The number of unbranched alkanes of at least 4 members (excludes halogenated alkanes) is 2. The number of hydrogen-bond donors (Lipinski definition) is 1. The van der Waals surface area contributed by atoms with E-state index in [0.29, 0.717) is 0 Å². The highest BCUT2D eigenvalue weighted by Gasteiger charge is 2.52. The molecule has 2 atom stereocenters. The summed E-state index contributed by atoms with van der Waals surface area (Å²) in [5, 5.41) is 2.45. The van der Waals surface area contributed by atoms with Gasteiger partial charge in [-0.3, -0.25) is 14.9 Å². The summed E-state index contributed by atoms with van der Waals surface area (Å²) < 4.78 is 0. The Morgan fingerprint density at radius 1 is 1.31 bits per heavy atom. The van der Waals surface area contributed by atoms with Gasteiger partial charge in [-0.25, -0.2) is 0 Å². The van der Waals surface area contributed by atoms with E-state index in [4.69, 9.17) is 0 Å². The summed E-state index contributed by atoms with van der Waals surface area (Å²) in [4.78, 5) is 23.6. The topological polar surface area (TPSA) is 46.2 Å². The van der Waals surface area contributed by atoms with Gasteiger partial charge in [0, 0.05) is 0 Å². The van der Waals surface area contributed by atoms with Crippen LogP contribution in [-0.4, -0.2) is 11.8 Å². The fraction of sp³-hybridized carbons (Fsp3) is 0.538. The largest absolute Gasteiger partial charge is 0.295 e. The Hall–Kier alpha value is -1.38. The van der Waals surface area contributed by atoms with Crippen molar-refractivity contribution in [1.29, 1.82) is 0 Å². The Morgan fingerprint density at radius 3 is 2.88 bits per heavy atom. The smallest absolute Gasteiger partial charge is 0.237 e. The number of rotatable bonds is 4. The van der Waals surface area contributed by atoms with Gasteiger partial charge in [0.25, 0.3) is 0 Å². The third-order valence-corrected chi connectivity index (χ3v) is 3.50. The van der Waals surface area contributed by atoms with Gasteiger partial charge in [-0.15, -0.1) is 0 Å². The van der Waals surface area contributed by atoms with Crippen LogP contribution in [0.2, 0.25) is 0 Å². The van der Waals surface area contributed by atoms with E-state index >= 15 is 0 Å². The van der Waals surface area contributed by atoms with Crippen LogP contribution in [0, 0.1) is 11.3 Å². The average molecular weight is 219 g/mol. The lowest BCUT2D eigenvalue weighted by molar-refractivity contribution is -0.127. The van der Waals surface area contributed by atoms with Crippen molar-refractivity contribution >= 4 is 11.8 Å². The molecule has 2 unspecified atom stereocenters. The molecule has 1 fully saturated rings. The monoisotopic (exact) mass is 219 g/mol. The van der Waals surface area contributed by atoms with Crippen molar-refractivity contribution in [1.82, 2.24) is 5.32 Å². The molecule has 0 aromatic carbocycles. The normalized spacial score (nSPS) is 31.7. The van der Waals surface area contributed by atoms with Crippen LogP contribution in [0.1, 0.15) is 32.6 Å². The van der Waals surface area contributed by atoms with Gasteiger partial charge in [-0.1, -0.05) is 50.5 Å². The molecule has 0 saturated carbocycles. The van der Waals surface area contributed by atoms with Crippen molar-refractivity contribution in [3.63, 3.8) is 0 Å². The molecule has 1 heterocycles. The van der Waals surface area contributed by atoms with Gasteiger partial charge in [-0.05, 0) is 6.42 Å². The summed E-state index contributed by atoms with van der Waals surface area (Å²) in [6.45, 7) is 2.13. The number of hydrogen-bond acceptors (Lipinski definition) is 2. The van der Waals surface area contributed by atoms with Crippen LogP contribution >= 0.6 is 0 Å². The first-order valence-corrected chi connectivity index (χ1v) is 5.92. The molecule has 1 saturated heterocycles. The van der Waals surface area contributed by atoms with Gasteiger partial charge in [0.1, 0.15) is 0 Å². The molecule has 0 bridgehead atoms. The van der Waals surface area contributed by atoms with Gasteiger partial charge in [-0.2, -0.15) is 0 Å². The number of nitrogens with one attached hydrogen (secondary N) is 1. The van der Waals surface area contributed by atoms with Gasteiger partial charge in [0.05, 0.1) is 11.3 Å². The van der Waals surface area contributed by atoms with Crippen LogP contribution in [-0.2, 0) is 9.59 Å². The SMILES string of the molecule is CCCCCC12C=CC=CC1C(=O)NC2=O. The highest BCUT2D eigenvalue weighted by Crippen LogP contribution is 2.42. The summed E-state index contributed by atoms with van der Waals surface area (Å²) in [5.74, 6) is -0.567.